The van der Waals surface area contributed by atoms with Crippen molar-refractivity contribution in [2.45, 2.75) is 25.3 Å². The van der Waals surface area contributed by atoms with E-state index in [4.69, 9.17) is 19.3 Å². The average molecular weight is 527 g/mol. The molecule has 2 amide bonds. The number of hydrogen-bond acceptors (Lipinski definition) is 8. The number of amides is 2. The zero-order chi connectivity index (χ0) is 25.8. The summed E-state index contributed by atoms with van der Waals surface area (Å²) in [5.74, 6) is 1.26. The van der Waals surface area contributed by atoms with Gasteiger partial charge in [-0.1, -0.05) is 6.07 Å². The van der Waals surface area contributed by atoms with E-state index in [1.54, 1.807) is 35.5 Å². The molecule has 9 nitrogen and oxygen atoms in total. The predicted octanol–water partition coefficient (Wildman–Crippen LogP) is 3.01. The van der Waals surface area contributed by atoms with Crippen molar-refractivity contribution in [3.63, 3.8) is 0 Å². The minimum Gasteiger partial charge on any atom is -0.497 e. The molecule has 1 atom stereocenters. The van der Waals surface area contributed by atoms with Crippen molar-refractivity contribution in [1.29, 1.82) is 0 Å². The molecule has 0 bridgehead atoms. The van der Waals surface area contributed by atoms with Gasteiger partial charge in [-0.3, -0.25) is 14.5 Å². The summed E-state index contributed by atoms with van der Waals surface area (Å²) >= 11 is 1.60. The Bertz CT molecular complexity index is 1130. The van der Waals surface area contributed by atoms with E-state index in [0.29, 0.717) is 37.7 Å². The Morgan fingerprint density at radius 1 is 1.16 bits per heavy atom. The van der Waals surface area contributed by atoms with Crippen LogP contribution in [0.25, 0.3) is 0 Å². The minimum atomic E-state index is -0.355. The van der Waals surface area contributed by atoms with Gasteiger partial charge in [-0.05, 0) is 42.5 Å². The molecule has 10 heteroatoms. The molecule has 5 rings (SSSR count). The molecule has 2 aliphatic heterocycles. The number of methoxy groups -OCH3 is 2. The molecule has 0 N–H and O–H groups in total. The molecule has 1 saturated heterocycles. The first-order valence-electron chi connectivity index (χ1n) is 12.8. The van der Waals surface area contributed by atoms with E-state index >= 15 is 0 Å². The summed E-state index contributed by atoms with van der Waals surface area (Å²) in [4.78, 5) is 32.0. The summed E-state index contributed by atoms with van der Waals surface area (Å²) in [6.45, 7) is 4.34. The van der Waals surface area contributed by atoms with Crippen molar-refractivity contribution < 1.29 is 23.8 Å². The van der Waals surface area contributed by atoms with Crippen LogP contribution < -0.4 is 9.47 Å². The van der Waals surface area contributed by atoms with Crippen LogP contribution in [0, 0.1) is 5.92 Å². The largest absolute Gasteiger partial charge is 0.497 e. The van der Waals surface area contributed by atoms with Crippen molar-refractivity contribution >= 4 is 28.9 Å². The molecule has 1 aliphatic carbocycles. The van der Waals surface area contributed by atoms with E-state index in [2.05, 4.69) is 4.90 Å². The molecule has 1 saturated carbocycles. The molecular weight excluding hydrogens is 492 g/mol. The second kappa shape index (κ2) is 11.6. The Morgan fingerprint density at radius 3 is 2.65 bits per heavy atom. The fraction of sp³-hybridized carbons (Fsp3) is 0.519. The highest BCUT2D eigenvalue weighted by Gasteiger charge is 2.39. The number of hydrogen-bond donors (Lipinski definition) is 0. The van der Waals surface area contributed by atoms with Crippen molar-refractivity contribution in [3.05, 3.63) is 46.2 Å². The number of ether oxygens (including phenoxy) is 3. The molecule has 2 fully saturated rings. The highest BCUT2D eigenvalue weighted by Crippen LogP contribution is 2.40. The summed E-state index contributed by atoms with van der Waals surface area (Å²) in [6.07, 6.45) is 2.35. The molecule has 1 aromatic carbocycles. The van der Waals surface area contributed by atoms with Crippen LogP contribution in [0.2, 0.25) is 0 Å². The molecule has 0 unspecified atom stereocenters. The average Bonchev–Trinajstić information content (AvgIpc) is 3.45. The maximum Gasteiger partial charge on any atom is 0.262 e. The van der Waals surface area contributed by atoms with Crippen LogP contribution in [-0.4, -0.2) is 92.5 Å². The van der Waals surface area contributed by atoms with Gasteiger partial charge in [0.05, 0.1) is 44.1 Å². The van der Waals surface area contributed by atoms with Gasteiger partial charge < -0.3 is 19.1 Å². The first-order valence-corrected chi connectivity index (χ1v) is 13.7. The van der Waals surface area contributed by atoms with Crippen LogP contribution in [-0.2, 0) is 14.3 Å². The first-order chi connectivity index (χ1) is 18.1. The van der Waals surface area contributed by atoms with Crippen LogP contribution in [0.3, 0.4) is 0 Å². The lowest BCUT2D eigenvalue weighted by atomic mass is 9.99. The van der Waals surface area contributed by atoms with Crippen LogP contribution in [0.4, 0.5) is 0 Å². The summed E-state index contributed by atoms with van der Waals surface area (Å²) in [7, 11) is 3.24. The Hall–Kier alpha value is -2.95. The minimum absolute atomic E-state index is 0.00365. The molecule has 37 heavy (non-hydrogen) atoms. The zero-order valence-corrected chi connectivity index (χ0v) is 22.2. The Morgan fingerprint density at radius 2 is 1.97 bits per heavy atom. The third-order valence-electron chi connectivity index (χ3n) is 7.12. The maximum absolute atomic E-state index is 13.8. The van der Waals surface area contributed by atoms with Gasteiger partial charge in [0.15, 0.2) is 0 Å². The molecule has 3 heterocycles. The van der Waals surface area contributed by atoms with Crippen molar-refractivity contribution in [3.8, 4) is 11.5 Å². The number of thiophene rings is 1. The number of benzene rings is 1. The highest BCUT2D eigenvalue weighted by molar-refractivity contribution is 7.12. The molecule has 0 radical (unpaired) electrons. The van der Waals surface area contributed by atoms with Gasteiger partial charge in [0, 0.05) is 44.1 Å². The highest BCUT2D eigenvalue weighted by atomic mass is 32.1. The summed E-state index contributed by atoms with van der Waals surface area (Å²) in [5, 5.41) is 8.35. The monoisotopic (exact) mass is 526 g/mol. The molecule has 1 aromatic heterocycles. The van der Waals surface area contributed by atoms with Crippen LogP contribution >= 0.6 is 11.3 Å². The number of morpholine rings is 1. The molecule has 2 aromatic rings. The van der Waals surface area contributed by atoms with Gasteiger partial charge in [-0.15, -0.1) is 11.3 Å². The Balaban J connectivity index is 1.39. The second-order valence-corrected chi connectivity index (χ2v) is 10.5. The topological polar surface area (TPSA) is 83.9 Å². The van der Waals surface area contributed by atoms with E-state index < -0.39 is 0 Å². The van der Waals surface area contributed by atoms with E-state index in [0.717, 1.165) is 48.6 Å². The summed E-state index contributed by atoms with van der Waals surface area (Å²) in [5.41, 5.74) is 1.69. The van der Waals surface area contributed by atoms with Crippen LogP contribution in [0.1, 0.15) is 35.7 Å². The Kier molecular flexibility index (Phi) is 8.07. The third-order valence-corrected chi connectivity index (χ3v) is 8.04. The standard InChI is InChI=1S/C27H34N4O5S/c1-34-20-7-8-24(35-2)21(16-20)23-17-22(25-4-3-15-37-25)28-31(23)26(32)18-30(27(33)19-5-6-19)10-9-29-11-13-36-14-12-29/h3-4,7-8,15-16,19,23H,5-6,9-14,17-18H2,1-2H3/t23-/m1/s1. The molecule has 3 aliphatic rings. The maximum atomic E-state index is 13.8. The first kappa shape index (κ1) is 25.7. The second-order valence-electron chi connectivity index (χ2n) is 9.58. The summed E-state index contributed by atoms with van der Waals surface area (Å²) < 4.78 is 16.6. The normalized spacial score (nSPS) is 20.0. The van der Waals surface area contributed by atoms with Crippen molar-refractivity contribution in [2.75, 3.05) is 60.2 Å². The quantitative estimate of drug-likeness (QED) is 0.473. The lowest BCUT2D eigenvalue weighted by Gasteiger charge is -2.31. The van der Waals surface area contributed by atoms with E-state index in [9.17, 15) is 9.59 Å². The van der Waals surface area contributed by atoms with Gasteiger partial charge in [0.1, 0.15) is 18.0 Å². The Labute approximate surface area is 221 Å². The van der Waals surface area contributed by atoms with Crippen molar-refractivity contribution in [2.24, 2.45) is 11.0 Å². The van der Waals surface area contributed by atoms with Gasteiger partial charge >= 0.3 is 0 Å². The summed E-state index contributed by atoms with van der Waals surface area (Å²) in [6, 6.07) is 9.24. The zero-order valence-electron chi connectivity index (χ0n) is 21.4. The SMILES string of the molecule is COc1ccc(OC)c([C@H]2CC(c3cccs3)=NN2C(=O)CN(CCN2CCOCC2)C(=O)C2CC2)c1. The van der Waals surface area contributed by atoms with Crippen LogP contribution in [0.5, 0.6) is 11.5 Å². The fourth-order valence-electron chi connectivity index (χ4n) is 4.85. The molecule has 198 valence electrons. The predicted molar refractivity (Wildman–Crippen MR) is 141 cm³/mol. The van der Waals surface area contributed by atoms with E-state index in [-0.39, 0.29) is 30.3 Å². The third kappa shape index (κ3) is 5.97. The fourth-order valence-corrected chi connectivity index (χ4v) is 5.57. The lowest BCUT2D eigenvalue weighted by molar-refractivity contribution is -0.142. The van der Waals surface area contributed by atoms with Gasteiger partial charge in [-0.2, -0.15) is 5.10 Å². The molecular formula is C27H34N4O5S. The lowest BCUT2D eigenvalue weighted by Crippen LogP contribution is -2.47. The smallest absolute Gasteiger partial charge is 0.262 e. The number of carbonyl (C=O) groups is 2. The number of rotatable bonds is 10. The number of nitrogens with zero attached hydrogens (tertiary/aromatic N) is 4. The van der Waals surface area contributed by atoms with Gasteiger partial charge in [-0.25, -0.2) is 5.01 Å². The van der Waals surface area contributed by atoms with Crippen molar-refractivity contribution in [1.82, 2.24) is 14.8 Å². The van der Waals surface area contributed by atoms with Gasteiger partial charge in [0.25, 0.3) is 5.91 Å². The van der Waals surface area contributed by atoms with E-state index in [1.807, 2.05) is 35.7 Å². The number of carbonyl (C=O) groups excluding carboxylic acids is 2. The van der Waals surface area contributed by atoms with E-state index in [1.165, 1.54) is 0 Å². The number of hydrazone groups is 1. The van der Waals surface area contributed by atoms with Gasteiger partial charge in [0.2, 0.25) is 5.91 Å². The van der Waals surface area contributed by atoms with Crippen LogP contribution in [0.15, 0.2) is 40.8 Å². The molecule has 0 spiro atoms.